The monoisotopic (exact) mass is 189 g/mol. The van der Waals surface area contributed by atoms with Crippen LogP contribution in [0.15, 0.2) is 0 Å². The molecule has 0 aliphatic heterocycles. The zero-order valence-electron chi connectivity index (χ0n) is 5.66. The molecule has 0 bridgehead atoms. The van der Waals surface area contributed by atoms with Gasteiger partial charge in [-0.3, -0.25) is 0 Å². The van der Waals surface area contributed by atoms with Crippen molar-refractivity contribution in [2.75, 3.05) is 6.61 Å². The Balaban J connectivity index is 3.98. The lowest BCUT2D eigenvalue weighted by Crippen LogP contribution is -2.39. The first kappa shape index (κ1) is 11.1. The summed E-state index contributed by atoms with van der Waals surface area (Å²) in [4.78, 5) is 0. The number of hydrogen-bond acceptors (Lipinski definition) is 2. The summed E-state index contributed by atoms with van der Waals surface area (Å²) in [5.74, 6) is 0. The zero-order valence-corrected chi connectivity index (χ0v) is 5.66. The van der Waals surface area contributed by atoms with E-state index in [9.17, 15) is 22.0 Å². The van der Waals surface area contributed by atoms with E-state index in [1.165, 1.54) is 6.07 Å². The molecule has 70 valence electrons. The van der Waals surface area contributed by atoms with Crippen LogP contribution in [0.1, 0.15) is 6.42 Å². The summed E-state index contributed by atoms with van der Waals surface area (Å²) in [6.45, 7) is -0.941. The summed E-state index contributed by atoms with van der Waals surface area (Å²) >= 11 is 0. The van der Waals surface area contributed by atoms with E-state index in [1.807, 2.05) is 0 Å². The normalized spacial score (nSPS) is 12.7. The average Bonchev–Trinajstić information content (AvgIpc) is 1.85. The van der Waals surface area contributed by atoms with E-state index in [0.29, 0.717) is 0 Å². The van der Waals surface area contributed by atoms with Crippen molar-refractivity contribution in [1.29, 1.82) is 5.26 Å². The zero-order chi connectivity index (χ0) is 9.83. The van der Waals surface area contributed by atoms with Crippen LogP contribution < -0.4 is 0 Å². The van der Waals surface area contributed by atoms with Crippen LogP contribution in [0.2, 0.25) is 0 Å². The minimum absolute atomic E-state index is 0.508. The molecule has 0 saturated heterocycles. The fourth-order valence-corrected chi connectivity index (χ4v) is 0.307. The molecule has 0 aromatic heterocycles. The van der Waals surface area contributed by atoms with Gasteiger partial charge < -0.3 is 4.74 Å². The molecule has 0 aromatic carbocycles. The predicted molar refractivity (Wildman–Crippen MR) is 27.2 cm³/mol. The van der Waals surface area contributed by atoms with Gasteiger partial charge in [-0.25, -0.2) is 0 Å². The van der Waals surface area contributed by atoms with Gasteiger partial charge in [0.1, 0.15) is 0 Å². The lowest BCUT2D eigenvalue weighted by Gasteiger charge is -2.18. The van der Waals surface area contributed by atoms with Gasteiger partial charge in [0, 0.05) is 0 Å². The Bertz CT molecular complexity index is 181. The Morgan fingerprint density at radius 2 is 1.67 bits per heavy atom. The molecule has 0 aliphatic rings. The summed E-state index contributed by atoms with van der Waals surface area (Å²) < 4.78 is 60.7. The molecule has 12 heavy (non-hydrogen) atoms. The summed E-state index contributed by atoms with van der Waals surface area (Å²) in [7, 11) is 0. The molecular weight excluding hydrogens is 185 g/mol. The second-order valence-electron chi connectivity index (χ2n) is 1.77. The standard InChI is InChI=1S/C5H4F5NO/c6-4(7,8)5(9,10)12-3-1-2-11/h1,3H2. The van der Waals surface area contributed by atoms with Gasteiger partial charge in [0.05, 0.1) is 19.1 Å². The predicted octanol–water partition coefficient (Wildman–Crippen LogP) is 2.07. The van der Waals surface area contributed by atoms with E-state index in [0.717, 1.165) is 0 Å². The van der Waals surface area contributed by atoms with Crippen molar-refractivity contribution in [2.45, 2.75) is 18.7 Å². The van der Waals surface area contributed by atoms with E-state index in [1.54, 1.807) is 0 Å². The smallest absolute Gasteiger partial charge is 0.312 e. The molecular formula is C5H4F5NO. The van der Waals surface area contributed by atoms with E-state index >= 15 is 0 Å². The number of nitrogens with zero attached hydrogens (tertiary/aromatic N) is 1. The minimum Gasteiger partial charge on any atom is -0.312 e. The first-order valence-electron chi connectivity index (χ1n) is 2.76. The van der Waals surface area contributed by atoms with E-state index in [2.05, 4.69) is 4.74 Å². The fraction of sp³-hybridized carbons (Fsp3) is 0.800. The Morgan fingerprint density at radius 1 is 1.17 bits per heavy atom. The molecule has 0 fully saturated rings. The van der Waals surface area contributed by atoms with E-state index < -0.39 is 25.3 Å². The third-order valence-corrected chi connectivity index (χ3v) is 0.827. The van der Waals surface area contributed by atoms with Gasteiger partial charge in [-0.2, -0.15) is 27.2 Å². The van der Waals surface area contributed by atoms with Gasteiger partial charge in [-0.05, 0) is 0 Å². The van der Waals surface area contributed by atoms with Crippen molar-refractivity contribution in [3.63, 3.8) is 0 Å². The minimum atomic E-state index is -5.72. The van der Waals surface area contributed by atoms with Crippen molar-refractivity contribution in [2.24, 2.45) is 0 Å². The van der Waals surface area contributed by atoms with Crippen LogP contribution >= 0.6 is 0 Å². The molecule has 0 heterocycles. The number of alkyl halides is 5. The second-order valence-corrected chi connectivity index (χ2v) is 1.77. The van der Waals surface area contributed by atoms with E-state index in [-0.39, 0.29) is 0 Å². The molecule has 2 nitrogen and oxygen atoms in total. The Kier molecular flexibility index (Phi) is 3.39. The Hall–Kier alpha value is -0.900. The lowest BCUT2D eigenvalue weighted by atomic mass is 10.5. The maximum Gasteiger partial charge on any atom is 0.482 e. The van der Waals surface area contributed by atoms with Crippen LogP contribution in [-0.2, 0) is 4.74 Å². The SMILES string of the molecule is N#CCCOC(F)(F)C(F)(F)F. The highest BCUT2D eigenvalue weighted by molar-refractivity contribution is 4.70. The summed E-state index contributed by atoms with van der Waals surface area (Å²) in [6, 6.07) is 1.37. The molecule has 7 heteroatoms. The molecule has 0 amide bonds. The Labute approximate surface area is 64.5 Å². The molecule has 0 atom stereocenters. The molecule has 0 aromatic rings. The molecule has 0 spiro atoms. The maximum atomic E-state index is 11.8. The van der Waals surface area contributed by atoms with Crippen LogP contribution in [0, 0.1) is 11.3 Å². The van der Waals surface area contributed by atoms with Crippen LogP contribution in [0.5, 0.6) is 0 Å². The summed E-state index contributed by atoms with van der Waals surface area (Å²) in [5, 5.41) is 7.81. The third-order valence-electron chi connectivity index (χ3n) is 0.827. The number of rotatable bonds is 3. The number of halogens is 5. The summed E-state index contributed by atoms with van der Waals surface area (Å²) in [6.07, 6.45) is -11.4. The average molecular weight is 189 g/mol. The van der Waals surface area contributed by atoms with Crippen molar-refractivity contribution in [3.05, 3.63) is 0 Å². The van der Waals surface area contributed by atoms with Crippen molar-refractivity contribution < 1.29 is 26.7 Å². The number of nitriles is 1. The number of hydrogen-bond donors (Lipinski definition) is 0. The molecule has 0 rings (SSSR count). The molecule has 0 N–H and O–H groups in total. The van der Waals surface area contributed by atoms with Gasteiger partial charge in [-0.15, -0.1) is 0 Å². The van der Waals surface area contributed by atoms with Crippen LogP contribution in [-0.4, -0.2) is 18.9 Å². The van der Waals surface area contributed by atoms with Crippen molar-refractivity contribution >= 4 is 0 Å². The molecule has 0 saturated carbocycles. The molecule has 0 radical (unpaired) electrons. The highest BCUT2D eigenvalue weighted by atomic mass is 19.4. The van der Waals surface area contributed by atoms with Gasteiger partial charge in [0.2, 0.25) is 0 Å². The highest BCUT2D eigenvalue weighted by Crippen LogP contribution is 2.36. The van der Waals surface area contributed by atoms with Crippen LogP contribution in [0.3, 0.4) is 0 Å². The fourth-order valence-electron chi connectivity index (χ4n) is 0.307. The third kappa shape index (κ3) is 3.00. The second kappa shape index (κ2) is 3.67. The highest BCUT2D eigenvalue weighted by Gasteiger charge is 2.59. The molecule has 0 aliphatic carbocycles. The lowest BCUT2D eigenvalue weighted by molar-refractivity contribution is -0.390. The van der Waals surface area contributed by atoms with Crippen LogP contribution in [0.4, 0.5) is 22.0 Å². The first-order chi connectivity index (χ1) is 5.31. The van der Waals surface area contributed by atoms with Crippen molar-refractivity contribution in [3.8, 4) is 6.07 Å². The van der Waals surface area contributed by atoms with Gasteiger partial charge >= 0.3 is 12.3 Å². The number of ether oxygens (including phenoxy) is 1. The van der Waals surface area contributed by atoms with Gasteiger partial charge in [0.15, 0.2) is 0 Å². The largest absolute Gasteiger partial charge is 0.482 e. The van der Waals surface area contributed by atoms with E-state index in [4.69, 9.17) is 5.26 Å². The van der Waals surface area contributed by atoms with Crippen molar-refractivity contribution in [1.82, 2.24) is 0 Å². The summed E-state index contributed by atoms with van der Waals surface area (Å²) in [5.41, 5.74) is 0. The first-order valence-corrected chi connectivity index (χ1v) is 2.76. The maximum absolute atomic E-state index is 11.8. The Morgan fingerprint density at radius 3 is 2.00 bits per heavy atom. The van der Waals surface area contributed by atoms with Gasteiger partial charge in [-0.1, -0.05) is 0 Å². The van der Waals surface area contributed by atoms with Crippen LogP contribution in [0.25, 0.3) is 0 Å². The van der Waals surface area contributed by atoms with Gasteiger partial charge in [0.25, 0.3) is 0 Å². The molecule has 0 unspecified atom stereocenters. The quantitative estimate of drug-likeness (QED) is 0.502. The topological polar surface area (TPSA) is 33.0 Å².